The Morgan fingerprint density at radius 3 is 2.72 bits per heavy atom. The Hall–Kier alpha value is -2.41. The number of nitrogens with zero attached hydrogens (tertiary/aromatic N) is 3. The van der Waals surface area contributed by atoms with Gasteiger partial charge in [0.05, 0.1) is 5.56 Å². The van der Waals surface area contributed by atoms with Gasteiger partial charge in [0.1, 0.15) is 0 Å². The van der Waals surface area contributed by atoms with E-state index < -0.39 is 17.5 Å². The lowest BCUT2D eigenvalue weighted by Gasteiger charge is -2.39. The second-order valence-electron chi connectivity index (χ2n) is 6.28. The van der Waals surface area contributed by atoms with Gasteiger partial charge in [0.15, 0.2) is 17.5 Å². The largest absolute Gasteiger partial charge is 0.334 e. The maximum Gasteiger partial charge on any atom is 0.258 e. The molecule has 2 aromatic rings. The number of likely N-dealkylation sites (tertiary alicyclic amines) is 1. The molecule has 132 valence electrons. The predicted octanol–water partition coefficient (Wildman–Crippen LogP) is 2.62. The van der Waals surface area contributed by atoms with Gasteiger partial charge in [0.25, 0.3) is 5.91 Å². The van der Waals surface area contributed by atoms with Gasteiger partial charge < -0.3 is 10.6 Å². The number of halogens is 2. The highest BCUT2D eigenvalue weighted by Gasteiger charge is 2.34. The SMILES string of the molecule is C[C@@H]1CCCN(C(=O)c2c(-c3ncccn3)ccc(F)c2F)[C@@H]1CN. The zero-order chi connectivity index (χ0) is 18.0. The molecule has 25 heavy (non-hydrogen) atoms. The first kappa shape index (κ1) is 17.4. The topological polar surface area (TPSA) is 72.1 Å². The van der Waals surface area contributed by atoms with Crippen molar-refractivity contribution in [2.45, 2.75) is 25.8 Å². The number of rotatable bonds is 3. The number of hydrogen-bond donors (Lipinski definition) is 1. The van der Waals surface area contributed by atoms with Crippen molar-refractivity contribution in [3.05, 3.63) is 47.8 Å². The molecule has 7 heteroatoms. The number of amides is 1. The van der Waals surface area contributed by atoms with Crippen LogP contribution in [0, 0.1) is 17.6 Å². The molecule has 5 nitrogen and oxygen atoms in total. The molecule has 0 bridgehead atoms. The van der Waals surface area contributed by atoms with Gasteiger partial charge in [-0.05, 0) is 37.0 Å². The lowest BCUT2D eigenvalue weighted by Crippen LogP contribution is -2.51. The van der Waals surface area contributed by atoms with E-state index in [1.807, 2.05) is 6.92 Å². The second-order valence-corrected chi connectivity index (χ2v) is 6.28. The van der Waals surface area contributed by atoms with Crippen LogP contribution in [0.25, 0.3) is 11.4 Å². The predicted molar refractivity (Wildman–Crippen MR) is 89.7 cm³/mol. The molecule has 1 fully saturated rings. The molecular weight excluding hydrogens is 326 g/mol. The minimum Gasteiger partial charge on any atom is -0.334 e. The van der Waals surface area contributed by atoms with E-state index in [9.17, 15) is 13.6 Å². The van der Waals surface area contributed by atoms with E-state index in [0.29, 0.717) is 6.54 Å². The summed E-state index contributed by atoms with van der Waals surface area (Å²) in [5.74, 6) is -2.43. The summed E-state index contributed by atoms with van der Waals surface area (Å²) in [5.41, 5.74) is 5.68. The fraction of sp³-hybridized carbons (Fsp3) is 0.389. The van der Waals surface area contributed by atoms with Crippen LogP contribution in [0.3, 0.4) is 0 Å². The Kier molecular flexibility index (Phi) is 5.03. The molecule has 0 saturated carbocycles. The van der Waals surface area contributed by atoms with Crippen LogP contribution in [0.2, 0.25) is 0 Å². The first-order valence-corrected chi connectivity index (χ1v) is 8.31. The lowest BCUT2D eigenvalue weighted by atomic mass is 9.89. The molecule has 1 aromatic heterocycles. The molecule has 2 heterocycles. The van der Waals surface area contributed by atoms with Gasteiger partial charge >= 0.3 is 0 Å². The van der Waals surface area contributed by atoms with Crippen molar-refractivity contribution in [2.24, 2.45) is 11.7 Å². The minimum absolute atomic E-state index is 0.179. The number of carbonyl (C=O) groups excluding carboxylic acids is 1. The lowest BCUT2D eigenvalue weighted by molar-refractivity contribution is 0.0527. The van der Waals surface area contributed by atoms with E-state index in [1.165, 1.54) is 18.5 Å². The standard InChI is InChI=1S/C18H20F2N4O/c1-11-4-2-9-24(14(11)10-21)18(25)15-12(5-6-13(19)16(15)20)17-22-7-3-8-23-17/h3,5-8,11,14H,2,4,9-10,21H2,1H3/t11-,14-/m1/s1. The Morgan fingerprint density at radius 2 is 2.04 bits per heavy atom. The zero-order valence-corrected chi connectivity index (χ0v) is 14.0. The van der Waals surface area contributed by atoms with E-state index in [4.69, 9.17) is 5.73 Å². The summed E-state index contributed by atoms with van der Waals surface area (Å²) in [7, 11) is 0. The summed E-state index contributed by atoms with van der Waals surface area (Å²) < 4.78 is 28.4. The summed E-state index contributed by atoms with van der Waals surface area (Å²) in [6.07, 6.45) is 4.73. The third kappa shape index (κ3) is 3.24. The molecule has 0 spiro atoms. The van der Waals surface area contributed by atoms with Crippen LogP contribution in [-0.4, -0.2) is 39.9 Å². The van der Waals surface area contributed by atoms with Gasteiger partial charge in [-0.15, -0.1) is 0 Å². The third-order valence-electron chi connectivity index (χ3n) is 4.73. The maximum atomic E-state index is 14.6. The van der Waals surface area contributed by atoms with Gasteiger partial charge in [0.2, 0.25) is 0 Å². The average molecular weight is 346 g/mol. The highest BCUT2D eigenvalue weighted by atomic mass is 19.2. The van der Waals surface area contributed by atoms with Gasteiger partial charge in [-0.1, -0.05) is 6.92 Å². The molecule has 2 N–H and O–H groups in total. The summed E-state index contributed by atoms with van der Waals surface area (Å²) in [6.45, 7) is 2.76. The first-order chi connectivity index (χ1) is 12.0. The molecule has 1 aromatic carbocycles. The van der Waals surface area contributed by atoms with Crippen molar-refractivity contribution in [1.29, 1.82) is 0 Å². The Morgan fingerprint density at radius 1 is 1.32 bits per heavy atom. The smallest absolute Gasteiger partial charge is 0.258 e. The average Bonchev–Trinajstić information content (AvgIpc) is 2.63. The van der Waals surface area contributed by atoms with E-state index >= 15 is 0 Å². The van der Waals surface area contributed by atoms with Crippen molar-refractivity contribution in [1.82, 2.24) is 14.9 Å². The summed E-state index contributed by atoms with van der Waals surface area (Å²) >= 11 is 0. The summed E-state index contributed by atoms with van der Waals surface area (Å²) in [4.78, 5) is 22.8. The zero-order valence-electron chi connectivity index (χ0n) is 14.0. The third-order valence-corrected chi connectivity index (χ3v) is 4.73. The molecule has 3 rings (SSSR count). The van der Waals surface area contributed by atoms with Crippen molar-refractivity contribution >= 4 is 5.91 Å². The number of piperidine rings is 1. The number of aromatic nitrogens is 2. The van der Waals surface area contributed by atoms with Crippen LogP contribution >= 0.6 is 0 Å². The van der Waals surface area contributed by atoms with Gasteiger partial charge in [-0.25, -0.2) is 18.7 Å². The Labute approximate surface area is 144 Å². The quantitative estimate of drug-likeness (QED) is 0.927. The van der Waals surface area contributed by atoms with Crippen LogP contribution in [0.5, 0.6) is 0 Å². The molecule has 1 aliphatic heterocycles. The van der Waals surface area contributed by atoms with Crippen molar-refractivity contribution in [3.8, 4) is 11.4 Å². The monoisotopic (exact) mass is 346 g/mol. The minimum atomic E-state index is -1.18. The van der Waals surface area contributed by atoms with E-state index in [0.717, 1.165) is 18.9 Å². The summed E-state index contributed by atoms with van der Waals surface area (Å²) in [6, 6.07) is 3.73. The molecule has 1 saturated heterocycles. The molecule has 1 aliphatic rings. The maximum absolute atomic E-state index is 14.6. The summed E-state index contributed by atoms with van der Waals surface area (Å²) in [5, 5.41) is 0. The molecule has 2 atom stereocenters. The molecule has 1 amide bonds. The van der Waals surface area contributed by atoms with Crippen LogP contribution in [0.4, 0.5) is 8.78 Å². The van der Waals surface area contributed by atoms with E-state index in [2.05, 4.69) is 9.97 Å². The van der Waals surface area contributed by atoms with Gasteiger partial charge in [0, 0.05) is 37.1 Å². The van der Waals surface area contributed by atoms with Crippen LogP contribution < -0.4 is 5.73 Å². The molecule has 0 aliphatic carbocycles. The second kappa shape index (κ2) is 7.23. The highest BCUT2D eigenvalue weighted by molar-refractivity contribution is 6.00. The van der Waals surface area contributed by atoms with Gasteiger partial charge in [-0.3, -0.25) is 4.79 Å². The number of benzene rings is 1. The number of carbonyl (C=O) groups is 1. The Bertz CT molecular complexity index is 769. The molecule has 0 unspecified atom stereocenters. The van der Waals surface area contributed by atoms with E-state index in [-0.39, 0.29) is 35.5 Å². The van der Waals surface area contributed by atoms with Gasteiger partial charge in [-0.2, -0.15) is 0 Å². The fourth-order valence-electron chi connectivity index (χ4n) is 3.39. The van der Waals surface area contributed by atoms with E-state index in [1.54, 1.807) is 11.0 Å². The van der Waals surface area contributed by atoms with Crippen molar-refractivity contribution in [2.75, 3.05) is 13.1 Å². The number of hydrogen-bond acceptors (Lipinski definition) is 4. The highest BCUT2D eigenvalue weighted by Crippen LogP contribution is 2.30. The normalized spacial score (nSPS) is 20.6. The number of nitrogens with two attached hydrogens (primary N) is 1. The Balaban J connectivity index is 2.09. The van der Waals surface area contributed by atoms with Crippen molar-refractivity contribution < 1.29 is 13.6 Å². The molecular formula is C18H20F2N4O. The van der Waals surface area contributed by atoms with Crippen LogP contribution in [-0.2, 0) is 0 Å². The van der Waals surface area contributed by atoms with Crippen LogP contribution in [0.1, 0.15) is 30.1 Å². The van der Waals surface area contributed by atoms with Crippen molar-refractivity contribution in [3.63, 3.8) is 0 Å². The fourth-order valence-corrected chi connectivity index (χ4v) is 3.39. The molecule has 0 radical (unpaired) electrons. The first-order valence-electron chi connectivity index (χ1n) is 8.31. The van der Waals surface area contributed by atoms with Crippen LogP contribution in [0.15, 0.2) is 30.6 Å².